The Balaban J connectivity index is 1.38. The molecule has 4 rings (SSSR count). The van der Waals surface area contributed by atoms with Crippen molar-refractivity contribution >= 4 is 12.1 Å². The van der Waals surface area contributed by atoms with Crippen LogP contribution in [0.1, 0.15) is 21.6 Å². The van der Waals surface area contributed by atoms with Crippen molar-refractivity contribution in [2.24, 2.45) is 5.10 Å². The van der Waals surface area contributed by atoms with Gasteiger partial charge in [0.15, 0.2) is 11.5 Å². The van der Waals surface area contributed by atoms with Gasteiger partial charge in [0.25, 0.3) is 5.91 Å². The molecular formula is C26H24N4O4. The van der Waals surface area contributed by atoms with Crippen LogP contribution in [0.2, 0.25) is 0 Å². The fourth-order valence-corrected chi connectivity index (χ4v) is 3.23. The van der Waals surface area contributed by atoms with Crippen molar-refractivity contribution in [2.75, 3.05) is 14.2 Å². The zero-order chi connectivity index (χ0) is 23.8. The van der Waals surface area contributed by atoms with Gasteiger partial charge in [-0.05, 0) is 47.5 Å². The van der Waals surface area contributed by atoms with Crippen LogP contribution < -0.4 is 19.6 Å². The third-order valence-corrected chi connectivity index (χ3v) is 4.99. The molecule has 1 amide bonds. The van der Waals surface area contributed by atoms with Gasteiger partial charge in [-0.25, -0.2) is 5.43 Å². The van der Waals surface area contributed by atoms with E-state index in [-0.39, 0.29) is 5.69 Å². The molecule has 8 nitrogen and oxygen atoms in total. The van der Waals surface area contributed by atoms with Crippen LogP contribution in [0.3, 0.4) is 0 Å². The highest BCUT2D eigenvalue weighted by molar-refractivity contribution is 5.94. The molecule has 0 saturated heterocycles. The lowest BCUT2D eigenvalue weighted by molar-refractivity contribution is 0.0950. The molecule has 0 aliphatic rings. The number of nitrogens with one attached hydrogen (secondary N) is 2. The van der Waals surface area contributed by atoms with Crippen LogP contribution in [0.5, 0.6) is 17.2 Å². The summed E-state index contributed by atoms with van der Waals surface area (Å²) >= 11 is 0. The number of benzene rings is 3. The number of hydrazone groups is 1. The third kappa shape index (κ3) is 5.60. The maximum Gasteiger partial charge on any atom is 0.289 e. The van der Waals surface area contributed by atoms with Gasteiger partial charge in [0.1, 0.15) is 18.1 Å². The molecule has 0 spiro atoms. The minimum atomic E-state index is -0.410. The number of rotatable bonds is 9. The minimum absolute atomic E-state index is 0.287. The molecule has 1 aromatic heterocycles. The van der Waals surface area contributed by atoms with Gasteiger partial charge in [0.2, 0.25) is 0 Å². The van der Waals surface area contributed by atoms with Crippen LogP contribution in [0.4, 0.5) is 0 Å². The third-order valence-electron chi connectivity index (χ3n) is 4.99. The molecule has 34 heavy (non-hydrogen) atoms. The Morgan fingerprint density at radius 2 is 1.79 bits per heavy atom. The highest BCUT2D eigenvalue weighted by atomic mass is 16.5. The van der Waals surface area contributed by atoms with E-state index in [2.05, 4.69) is 20.7 Å². The van der Waals surface area contributed by atoms with Crippen molar-refractivity contribution in [2.45, 2.75) is 6.61 Å². The van der Waals surface area contributed by atoms with Crippen molar-refractivity contribution in [3.05, 3.63) is 95.7 Å². The van der Waals surface area contributed by atoms with Gasteiger partial charge >= 0.3 is 0 Å². The summed E-state index contributed by atoms with van der Waals surface area (Å²) in [5.41, 5.74) is 6.06. The fraction of sp³-hybridized carbons (Fsp3) is 0.115. The zero-order valence-electron chi connectivity index (χ0n) is 18.8. The summed E-state index contributed by atoms with van der Waals surface area (Å²) in [6, 6.07) is 24.5. The second-order valence-electron chi connectivity index (χ2n) is 7.28. The molecule has 8 heteroatoms. The Kier molecular flexibility index (Phi) is 7.19. The number of hydrogen-bond donors (Lipinski definition) is 2. The number of carbonyl (C=O) groups excluding carboxylic acids is 1. The van der Waals surface area contributed by atoms with Gasteiger partial charge in [-0.15, -0.1) is 0 Å². The topological polar surface area (TPSA) is 97.8 Å². The summed E-state index contributed by atoms with van der Waals surface area (Å²) in [5, 5.41) is 11.0. The first kappa shape index (κ1) is 22.6. The van der Waals surface area contributed by atoms with Crippen molar-refractivity contribution in [3.63, 3.8) is 0 Å². The number of methoxy groups -OCH3 is 2. The molecule has 0 atom stereocenters. The van der Waals surface area contributed by atoms with E-state index in [0.717, 1.165) is 22.4 Å². The summed E-state index contributed by atoms with van der Waals surface area (Å²) in [7, 11) is 3.12. The predicted octanol–water partition coefficient (Wildman–Crippen LogP) is 4.44. The summed E-state index contributed by atoms with van der Waals surface area (Å²) in [6.07, 6.45) is 1.52. The van der Waals surface area contributed by atoms with E-state index in [1.54, 1.807) is 38.5 Å². The van der Waals surface area contributed by atoms with Crippen molar-refractivity contribution < 1.29 is 19.0 Å². The average molecular weight is 457 g/mol. The van der Waals surface area contributed by atoms with Gasteiger partial charge in [-0.2, -0.15) is 10.2 Å². The second kappa shape index (κ2) is 10.8. The van der Waals surface area contributed by atoms with Gasteiger partial charge < -0.3 is 14.2 Å². The Morgan fingerprint density at radius 3 is 2.59 bits per heavy atom. The number of ether oxygens (including phenoxy) is 3. The van der Waals surface area contributed by atoms with E-state index in [1.165, 1.54) is 6.21 Å². The lowest BCUT2D eigenvalue weighted by atomic mass is 10.1. The maximum atomic E-state index is 12.5. The standard InChI is InChI=1S/C26H24N4O4/c1-32-24-12-11-19(13-25(24)33-2)16-27-30-26(31)23-15-22(28-29-23)20-9-6-10-21(14-20)34-17-18-7-4-3-5-8-18/h3-16H,17H2,1-2H3,(H,28,29)(H,30,31)/b27-16+. The smallest absolute Gasteiger partial charge is 0.289 e. The Hall–Kier alpha value is -4.59. The van der Waals surface area contributed by atoms with Crippen LogP contribution in [-0.4, -0.2) is 36.5 Å². The number of carbonyl (C=O) groups is 1. The quantitative estimate of drug-likeness (QED) is 0.287. The van der Waals surface area contributed by atoms with E-state index < -0.39 is 5.91 Å². The van der Waals surface area contributed by atoms with Crippen LogP contribution in [0.15, 0.2) is 84.0 Å². The van der Waals surface area contributed by atoms with Crippen molar-refractivity contribution in [1.29, 1.82) is 0 Å². The van der Waals surface area contributed by atoms with Crippen molar-refractivity contribution in [1.82, 2.24) is 15.6 Å². The lowest BCUT2D eigenvalue weighted by Crippen LogP contribution is -2.18. The Bertz CT molecular complexity index is 1280. The summed E-state index contributed by atoms with van der Waals surface area (Å²) in [4.78, 5) is 12.5. The first-order valence-electron chi connectivity index (χ1n) is 10.5. The number of hydrogen-bond acceptors (Lipinski definition) is 6. The van der Waals surface area contributed by atoms with Crippen LogP contribution in [0.25, 0.3) is 11.3 Å². The molecule has 0 saturated carbocycles. The van der Waals surface area contributed by atoms with E-state index in [0.29, 0.717) is 23.8 Å². The number of aromatic nitrogens is 2. The molecule has 4 aromatic rings. The normalized spacial score (nSPS) is 10.8. The largest absolute Gasteiger partial charge is 0.493 e. The number of H-pyrrole nitrogens is 1. The van der Waals surface area contributed by atoms with Gasteiger partial charge in [0.05, 0.1) is 26.1 Å². The second-order valence-corrected chi connectivity index (χ2v) is 7.28. The number of amides is 1. The van der Waals surface area contributed by atoms with Gasteiger partial charge in [-0.3, -0.25) is 9.89 Å². The highest BCUT2D eigenvalue weighted by Gasteiger charge is 2.11. The zero-order valence-corrected chi connectivity index (χ0v) is 18.8. The molecule has 172 valence electrons. The molecule has 2 N–H and O–H groups in total. The fourth-order valence-electron chi connectivity index (χ4n) is 3.23. The Morgan fingerprint density at radius 1 is 0.971 bits per heavy atom. The predicted molar refractivity (Wildman–Crippen MR) is 129 cm³/mol. The monoisotopic (exact) mass is 456 g/mol. The van der Waals surface area contributed by atoms with E-state index >= 15 is 0 Å². The Labute approximate surface area is 197 Å². The van der Waals surface area contributed by atoms with Gasteiger partial charge in [-0.1, -0.05) is 42.5 Å². The van der Waals surface area contributed by atoms with Crippen LogP contribution >= 0.6 is 0 Å². The molecule has 0 fully saturated rings. The van der Waals surface area contributed by atoms with Crippen LogP contribution in [-0.2, 0) is 6.61 Å². The number of aromatic amines is 1. The summed E-state index contributed by atoms with van der Waals surface area (Å²) in [5.74, 6) is 1.50. The molecule has 0 aliphatic heterocycles. The lowest BCUT2D eigenvalue weighted by Gasteiger charge is -2.07. The number of nitrogens with zero attached hydrogens (tertiary/aromatic N) is 2. The molecule has 0 radical (unpaired) electrons. The molecule has 0 bridgehead atoms. The van der Waals surface area contributed by atoms with Gasteiger partial charge in [0, 0.05) is 5.56 Å². The average Bonchev–Trinajstić information content (AvgIpc) is 3.39. The molecular weight excluding hydrogens is 432 g/mol. The first-order chi connectivity index (χ1) is 16.7. The summed E-state index contributed by atoms with van der Waals surface area (Å²) < 4.78 is 16.4. The molecule has 3 aromatic carbocycles. The molecule has 1 heterocycles. The molecule has 0 aliphatic carbocycles. The van der Waals surface area contributed by atoms with Crippen molar-refractivity contribution in [3.8, 4) is 28.5 Å². The van der Waals surface area contributed by atoms with E-state index in [1.807, 2.05) is 54.6 Å². The molecule has 0 unspecified atom stereocenters. The first-order valence-corrected chi connectivity index (χ1v) is 10.5. The summed E-state index contributed by atoms with van der Waals surface area (Å²) in [6.45, 7) is 0.469. The SMILES string of the molecule is COc1ccc(/C=N/NC(=O)c2cc(-c3cccc(OCc4ccccc4)c3)n[nH]2)cc1OC. The van der Waals surface area contributed by atoms with E-state index in [9.17, 15) is 4.79 Å². The highest BCUT2D eigenvalue weighted by Crippen LogP contribution is 2.27. The minimum Gasteiger partial charge on any atom is -0.493 e. The maximum absolute atomic E-state index is 12.5. The van der Waals surface area contributed by atoms with E-state index in [4.69, 9.17) is 14.2 Å². The van der Waals surface area contributed by atoms with Crippen LogP contribution in [0, 0.1) is 0 Å².